The lowest BCUT2D eigenvalue weighted by Crippen LogP contribution is -2.66. The van der Waals surface area contributed by atoms with E-state index in [9.17, 15) is 61.0 Å². The fourth-order valence-electron chi connectivity index (χ4n) is 14.2. The molecule has 0 radical (unpaired) electrons. The zero-order valence-corrected chi connectivity index (χ0v) is 63.7. The summed E-state index contributed by atoms with van der Waals surface area (Å²) in [5, 5.41) is 121. The molecule has 0 bridgehead atoms. The van der Waals surface area contributed by atoms with Crippen LogP contribution in [0.1, 0.15) is 348 Å². The highest BCUT2D eigenvalue weighted by atomic mass is 16.8. The molecule has 19 heteroatoms. The number of aliphatic hydroxyl groups is 11. The molecule has 0 spiro atoms. The van der Waals surface area contributed by atoms with E-state index in [4.69, 9.17) is 28.4 Å². The van der Waals surface area contributed by atoms with Crippen molar-refractivity contribution < 1.29 is 89.4 Å². The second-order valence-electron chi connectivity index (χ2n) is 29.9. The van der Waals surface area contributed by atoms with Gasteiger partial charge in [-0.1, -0.05) is 326 Å². The molecule has 0 aromatic carbocycles. The number of allylic oxidation sites excluding steroid dienone is 5. The van der Waals surface area contributed by atoms with Gasteiger partial charge in [0.25, 0.3) is 0 Å². The fourth-order valence-corrected chi connectivity index (χ4v) is 14.2. The van der Waals surface area contributed by atoms with Crippen LogP contribution in [0.5, 0.6) is 0 Å². The number of ether oxygens (including phenoxy) is 6. The molecule has 1 amide bonds. The molecule has 3 aliphatic rings. The first-order chi connectivity index (χ1) is 49.3. The molecule has 0 aliphatic carbocycles. The Kier molecular flexibility index (Phi) is 58.1. The summed E-state index contributed by atoms with van der Waals surface area (Å²) in [7, 11) is 0. The second kappa shape index (κ2) is 63.0. The molecule has 19 nitrogen and oxygen atoms in total. The minimum Gasteiger partial charge on any atom is -0.394 e. The van der Waals surface area contributed by atoms with E-state index in [1.165, 1.54) is 270 Å². The Balaban J connectivity index is 1.35. The third-order valence-corrected chi connectivity index (χ3v) is 20.9. The first-order valence-corrected chi connectivity index (χ1v) is 41.7. The van der Waals surface area contributed by atoms with Crippen LogP contribution in [0, 0.1) is 0 Å². The van der Waals surface area contributed by atoms with Gasteiger partial charge in [0.05, 0.1) is 38.6 Å². The van der Waals surface area contributed by atoms with Crippen LogP contribution in [0.15, 0.2) is 36.5 Å². The van der Waals surface area contributed by atoms with E-state index in [0.29, 0.717) is 6.42 Å². The van der Waals surface area contributed by atoms with Crippen molar-refractivity contribution in [1.82, 2.24) is 5.32 Å². The van der Waals surface area contributed by atoms with E-state index in [1.54, 1.807) is 6.08 Å². The molecular formula is C82H153NO18. The molecule has 12 N–H and O–H groups in total. The Bertz CT molecular complexity index is 1960. The van der Waals surface area contributed by atoms with Gasteiger partial charge in [-0.15, -0.1) is 0 Å². The molecule has 3 aliphatic heterocycles. The van der Waals surface area contributed by atoms with Crippen molar-refractivity contribution >= 4 is 5.91 Å². The van der Waals surface area contributed by atoms with Crippen LogP contribution in [0.4, 0.5) is 0 Å². The number of hydrogen-bond donors (Lipinski definition) is 12. The minimum atomic E-state index is -1.98. The van der Waals surface area contributed by atoms with Crippen molar-refractivity contribution in [2.75, 3.05) is 26.4 Å². The quantitative estimate of drug-likeness (QED) is 0.0199. The molecule has 0 aromatic heterocycles. The maximum atomic E-state index is 13.5. The maximum Gasteiger partial charge on any atom is 0.220 e. The molecule has 3 fully saturated rings. The lowest BCUT2D eigenvalue weighted by molar-refractivity contribution is -0.379. The molecule has 594 valence electrons. The normalized spacial score (nSPS) is 26.4. The lowest BCUT2D eigenvalue weighted by atomic mass is 9.96. The Labute approximate surface area is 612 Å². The van der Waals surface area contributed by atoms with E-state index >= 15 is 0 Å². The number of carbonyl (C=O) groups is 1. The van der Waals surface area contributed by atoms with Gasteiger partial charge in [0, 0.05) is 6.42 Å². The standard InChI is InChI=1S/C82H153NO18/c1-3-5-7-9-11-13-15-17-19-21-23-25-27-28-29-30-31-32-33-34-35-36-38-40-42-44-46-48-50-52-54-56-58-60-70(88)83-65(66(87)59-57-55-53-51-49-47-45-43-41-39-37-26-24-22-20-18-16-14-12-10-8-6-4-2)64-96-80-76(94)73(91)78(68(62-85)98-80)101-82-77(95)74(92)79(69(63-86)99-82)100-81-75(93)72(90)71(89)67(61-84)97-81/h15,17,21,23,57,59,65-69,71-82,84-87,89-95H,3-14,16,18-20,22,24-56,58,60-64H2,1-2H3,(H,83,88)/b17-15-,23-21-,59-57+. The highest BCUT2D eigenvalue weighted by Crippen LogP contribution is 2.33. The van der Waals surface area contributed by atoms with Crippen molar-refractivity contribution in [2.24, 2.45) is 0 Å². The molecule has 0 aromatic rings. The first kappa shape index (κ1) is 93.2. The fraction of sp³-hybridized carbons (Fsp3) is 0.915. The number of rotatable bonds is 67. The summed E-state index contributed by atoms with van der Waals surface area (Å²) in [5.41, 5.74) is 0. The Morgan fingerprint density at radius 3 is 1.01 bits per heavy atom. The van der Waals surface area contributed by atoms with Gasteiger partial charge >= 0.3 is 0 Å². The number of aliphatic hydroxyl groups excluding tert-OH is 11. The van der Waals surface area contributed by atoms with Crippen LogP contribution in [0.25, 0.3) is 0 Å². The molecular weight excluding hydrogens is 1290 g/mol. The zero-order valence-electron chi connectivity index (χ0n) is 63.7. The van der Waals surface area contributed by atoms with Crippen LogP contribution >= 0.6 is 0 Å². The van der Waals surface area contributed by atoms with E-state index in [0.717, 1.165) is 51.4 Å². The third kappa shape index (κ3) is 43.0. The topological polar surface area (TPSA) is 307 Å². The summed E-state index contributed by atoms with van der Waals surface area (Å²) in [6, 6.07) is -0.973. The van der Waals surface area contributed by atoms with Crippen molar-refractivity contribution in [2.45, 2.75) is 452 Å². The van der Waals surface area contributed by atoms with Crippen LogP contribution in [-0.4, -0.2) is 193 Å². The van der Waals surface area contributed by atoms with Gasteiger partial charge in [0.2, 0.25) is 5.91 Å². The molecule has 0 saturated carbocycles. The average molecular weight is 1440 g/mol. The molecule has 3 rings (SSSR count). The molecule has 101 heavy (non-hydrogen) atoms. The number of carbonyl (C=O) groups excluding carboxylic acids is 1. The van der Waals surface area contributed by atoms with Crippen molar-refractivity contribution in [3.8, 4) is 0 Å². The third-order valence-electron chi connectivity index (χ3n) is 20.9. The zero-order chi connectivity index (χ0) is 73.2. The largest absolute Gasteiger partial charge is 0.394 e. The highest BCUT2D eigenvalue weighted by Gasteiger charge is 2.54. The van der Waals surface area contributed by atoms with Crippen LogP contribution < -0.4 is 5.32 Å². The van der Waals surface area contributed by atoms with Crippen LogP contribution in [0.3, 0.4) is 0 Å². The van der Waals surface area contributed by atoms with Gasteiger partial charge in [-0.3, -0.25) is 4.79 Å². The highest BCUT2D eigenvalue weighted by molar-refractivity contribution is 5.76. The maximum absolute atomic E-state index is 13.5. The Morgan fingerprint density at radius 1 is 0.356 bits per heavy atom. The summed E-state index contributed by atoms with van der Waals surface area (Å²) < 4.78 is 34.5. The van der Waals surface area contributed by atoms with Gasteiger partial charge in [0.15, 0.2) is 18.9 Å². The van der Waals surface area contributed by atoms with Gasteiger partial charge in [-0.25, -0.2) is 0 Å². The number of unbranched alkanes of at least 4 members (excludes halogenated alkanes) is 47. The molecule has 17 unspecified atom stereocenters. The summed E-state index contributed by atoms with van der Waals surface area (Å²) in [6.07, 6.45) is 51.4. The van der Waals surface area contributed by atoms with E-state index in [2.05, 4.69) is 43.5 Å². The minimum absolute atomic E-state index is 0.247. The molecule has 3 heterocycles. The Hall–Kier alpha value is -1.99. The number of amides is 1. The number of nitrogens with one attached hydrogen (secondary N) is 1. The van der Waals surface area contributed by atoms with Crippen LogP contribution in [0.2, 0.25) is 0 Å². The van der Waals surface area contributed by atoms with Gasteiger partial charge in [-0.2, -0.15) is 0 Å². The van der Waals surface area contributed by atoms with E-state index < -0.39 is 124 Å². The number of hydrogen-bond acceptors (Lipinski definition) is 18. The molecule has 17 atom stereocenters. The average Bonchev–Trinajstić information content (AvgIpc) is 0.783. The van der Waals surface area contributed by atoms with Gasteiger partial charge < -0.3 is 89.9 Å². The van der Waals surface area contributed by atoms with E-state index in [-0.39, 0.29) is 18.9 Å². The summed E-state index contributed by atoms with van der Waals surface area (Å²) in [4.78, 5) is 13.5. The van der Waals surface area contributed by atoms with Crippen LogP contribution in [-0.2, 0) is 33.2 Å². The van der Waals surface area contributed by atoms with E-state index in [1.807, 2.05) is 6.08 Å². The van der Waals surface area contributed by atoms with Crippen molar-refractivity contribution in [3.05, 3.63) is 36.5 Å². The van der Waals surface area contributed by atoms with Crippen molar-refractivity contribution in [1.29, 1.82) is 0 Å². The first-order valence-electron chi connectivity index (χ1n) is 41.7. The van der Waals surface area contributed by atoms with Gasteiger partial charge in [-0.05, 0) is 51.4 Å². The SMILES string of the molecule is CCCCCCC/C=C\C/C=C\CCCCCCCCCCCCCCCCCCCCCCCC(=O)NC(COC1OC(CO)C(OC2OC(CO)C(OC3OC(CO)C(O)C(O)C3O)C(O)C2O)C(O)C1O)C(O)/C=C/CCCCCCCCCCCCCCCCCCCCCCC. The van der Waals surface area contributed by atoms with Gasteiger partial charge in [0.1, 0.15) is 73.2 Å². The lowest BCUT2D eigenvalue weighted by Gasteiger charge is -2.48. The summed E-state index contributed by atoms with van der Waals surface area (Å²) in [6.45, 7) is 1.78. The summed E-state index contributed by atoms with van der Waals surface area (Å²) >= 11 is 0. The smallest absolute Gasteiger partial charge is 0.220 e. The predicted molar refractivity (Wildman–Crippen MR) is 402 cm³/mol. The second-order valence-corrected chi connectivity index (χ2v) is 29.9. The summed E-state index contributed by atoms with van der Waals surface area (Å²) in [5.74, 6) is -0.268. The monoisotopic (exact) mass is 1440 g/mol. The van der Waals surface area contributed by atoms with Crippen molar-refractivity contribution in [3.63, 3.8) is 0 Å². The Morgan fingerprint density at radius 2 is 0.653 bits per heavy atom. The predicted octanol–water partition coefficient (Wildman–Crippen LogP) is 14.3. The molecule has 3 saturated heterocycles.